The van der Waals surface area contributed by atoms with Gasteiger partial charge in [-0.15, -0.1) is 0 Å². The molecule has 0 heterocycles. The smallest absolute Gasteiger partial charge is 0.0374 e. The van der Waals surface area contributed by atoms with Gasteiger partial charge in [-0.3, -0.25) is 0 Å². The fraction of sp³-hybridized carbons (Fsp3) is 0.625. The van der Waals surface area contributed by atoms with Crippen LogP contribution in [-0.4, -0.2) is 6.04 Å². The quantitative estimate of drug-likeness (QED) is 0.796. The Hall–Kier alpha value is -0.980. The van der Waals surface area contributed by atoms with Crippen molar-refractivity contribution in [3.05, 3.63) is 29.8 Å². The first-order valence-electron chi connectivity index (χ1n) is 7.15. The normalized spacial score (nSPS) is 18.9. The van der Waals surface area contributed by atoms with Crippen LogP contribution in [0, 0.1) is 5.92 Å². The summed E-state index contributed by atoms with van der Waals surface area (Å²) in [5, 5.41) is 3.73. The molecule has 2 rings (SSSR count). The molecule has 1 saturated carbocycles. The van der Waals surface area contributed by atoms with Gasteiger partial charge in [0.1, 0.15) is 0 Å². The Morgan fingerprint density at radius 2 is 1.88 bits per heavy atom. The highest BCUT2D eigenvalue weighted by atomic mass is 14.9. The average Bonchev–Trinajstić information content (AvgIpc) is 2.40. The highest BCUT2D eigenvalue weighted by Crippen LogP contribution is 2.28. The number of para-hydroxylation sites is 1. The first-order chi connectivity index (χ1) is 8.31. The van der Waals surface area contributed by atoms with Gasteiger partial charge >= 0.3 is 0 Å². The van der Waals surface area contributed by atoms with Crippen molar-refractivity contribution in [3.8, 4) is 0 Å². The molecule has 0 aliphatic heterocycles. The third-order valence-electron chi connectivity index (χ3n) is 4.14. The second kappa shape index (κ2) is 6.09. The van der Waals surface area contributed by atoms with Gasteiger partial charge in [0.25, 0.3) is 0 Å². The SMILES string of the molecule is CCc1ccccc1NC(C)C1CCCCC1. The van der Waals surface area contributed by atoms with Crippen LogP contribution in [0.4, 0.5) is 5.69 Å². The van der Waals surface area contributed by atoms with Crippen molar-refractivity contribution in [1.82, 2.24) is 0 Å². The van der Waals surface area contributed by atoms with Gasteiger partial charge in [-0.25, -0.2) is 0 Å². The third-order valence-corrected chi connectivity index (χ3v) is 4.14. The van der Waals surface area contributed by atoms with E-state index in [-0.39, 0.29) is 0 Å². The van der Waals surface area contributed by atoms with Crippen molar-refractivity contribution in [2.24, 2.45) is 5.92 Å². The molecule has 1 unspecified atom stereocenters. The van der Waals surface area contributed by atoms with Crippen LogP contribution in [0.5, 0.6) is 0 Å². The summed E-state index contributed by atoms with van der Waals surface area (Å²) < 4.78 is 0. The predicted octanol–water partition coefficient (Wildman–Crippen LogP) is 4.63. The van der Waals surface area contributed by atoms with E-state index in [2.05, 4.69) is 43.4 Å². The number of nitrogens with one attached hydrogen (secondary N) is 1. The van der Waals surface area contributed by atoms with E-state index in [4.69, 9.17) is 0 Å². The van der Waals surface area contributed by atoms with Crippen molar-refractivity contribution in [3.63, 3.8) is 0 Å². The van der Waals surface area contributed by atoms with Gasteiger partial charge in [0.2, 0.25) is 0 Å². The Morgan fingerprint density at radius 3 is 2.59 bits per heavy atom. The summed E-state index contributed by atoms with van der Waals surface area (Å²) in [5.41, 5.74) is 2.78. The Morgan fingerprint density at radius 1 is 1.18 bits per heavy atom. The second-order valence-corrected chi connectivity index (χ2v) is 5.34. The lowest BCUT2D eigenvalue weighted by Crippen LogP contribution is -2.28. The molecule has 1 atom stereocenters. The molecule has 1 aromatic rings. The predicted molar refractivity (Wildman–Crippen MR) is 75.5 cm³/mol. The first kappa shape index (κ1) is 12.5. The van der Waals surface area contributed by atoms with Gasteiger partial charge in [0, 0.05) is 11.7 Å². The fourth-order valence-corrected chi connectivity index (χ4v) is 2.97. The zero-order valence-corrected chi connectivity index (χ0v) is 11.2. The minimum absolute atomic E-state index is 0.614. The maximum absolute atomic E-state index is 3.73. The molecule has 1 aromatic carbocycles. The molecule has 0 radical (unpaired) electrons. The van der Waals surface area contributed by atoms with E-state index in [0.717, 1.165) is 12.3 Å². The van der Waals surface area contributed by atoms with Crippen LogP contribution in [0.2, 0.25) is 0 Å². The Kier molecular flexibility index (Phi) is 4.47. The Bertz CT molecular complexity index is 339. The summed E-state index contributed by atoms with van der Waals surface area (Å²) in [4.78, 5) is 0. The molecular formula is C16H25N. The molecule has 0 bridgehead atoms. The molecule has 1 aliphatic rings. The molecule has 0 aromatic heterocycles. The molecule has 1 heteroatoms. The van der Waals surface area contributed by atoms with Gasteiger partial charge in [-0.1, -0.05) is 44.4 Å². The number of hydrogen-bond donors (Lipinski definition) is 1. The van der Waals surface area contributed by atoms with Crippen LogP contribution in [0.15, 0.2) is 24.3 Å². The van der Waals surface area contributed by atoms with Gasteiger partial charge in [-0.05, 0) is 43.7 Å². The van der Waals surface area contributed by atoms with Crippen molar-refractivity contribution < 1.29 is 0 Å². The van der Waals surface area contributed by atoms with E-state index in [1.165, 1.54) is 43.4 Å². The molecule has 0 saturated heterocycles. The summed E-state index contributed by atoms with van der Waals surface area (Å²) in [6.07, 6.45) is 8.21. The number of anilines is 1. The van der Waals surface area contributed by atoms with E-state index in [9.17, 15) is 0 Å². The van der Waals surface area contributed by atoms with Crippen molar-refractivity contribution in [2.45, 2.75) is 58.4 Å². The van der Waals surface area contributed by atoms with E-state index >= 15 is 0 Å². The maximum Gasteiger partial charge on any atom is 0.0374 e. The molecule has 0 amide bonds. The minimum Gasteiger partial charge on any atom is -0.382 e. The molecule has 1 N–H and O–H groups in total. The summed E-state index contributed by atoms with van der Waals surface area (Å²) in [7, 11) is 0. The summed E-state index contributed by atoms with van der Waals surface area (Å²) in [6, 6.07) is 9.33. The largest absolute Gasteiger partial charge is 0.382 e. The van der Waals surface area contributed by atoms with Crippen molar-refractivity contribution >= 4 is 5.69 Å². The maximum atomic E-state index is 3.73. The lowest BCUT2D eigenvalue weighted by atomic mass is 9.84. The Labute approximate surface area is 106 Å². The van der Waals surface area contributed by atoms with Crippen LogP contribution in [0.25, 0.3) is 0 Å². The van der Waals surface area contributed by atoms with E-state index < -0.39 is 0 Å². The van der Waals surface area contributed by atoms with Crippen LogP contribution in [-0.2, 0) is 6.42 Å². The van der Waals surface area contributed by atoms with Crippen molar-refractivity contribution in [1.29, 1.82) is 0 Å². The van der Waals surface area contributed by atoms with Crippen LogP contribution in [0.1, 0.15) is 51.5 Å². The van der Waals surface area contributed by atoms with E-state index in [0.29, 0.717) is 6.04 Å². The number of aryl methyl sites for hydroxylation is 1. The second-order valence-electron chi connectivity index (χ2n) is 5.34. The van der Waals surface area contributed by atoms with Gasteiger partial charge in [-0.2, -0.15) is 0 Å². The summed E-state index contributed by atoms with van der Waals surface area (Å²) in [6.45, 7) is 4.58. The highest BCUT2D eigenvalue weighted by Gasteiger charge is 2.20. The number of hydrogen-bond acceptors (Lipinski definition) is 1. The van der Waals surface area contributed by atoms with Gasteiger partial charge in [0.15, 0.2) is 0 Å². The molecular weight excluding hydrogens is 206 g/mol. The topological polar surface area (TPSA) is 12.0 Å². The standard InChI is InChI=1S/C16H25N/c1-3-14-9-7-8-12-16(14)17-13(2)15-10-5-4-6-11-15/h7-9,12-13,15,17H,3-6,10-11H2,1-2H3. The van der Waals surface area contributed by atoms with Gasteiger partial charge < -0.3 is 5.32 Å². The molecule has 1 aliphatic carbocycles. The summed E-state index contributed by atoms with van der Waals surface area (Å²) in [5.74, 6) is 0.869. The monoisotopic (exact) mass is 231 g/mol. The van der Waals surface area contributed by atoms with Crippen LogP contribution < -0.4 is 5.32 Å². The lowest BCUT2D eigenvalue weighted by molar-refractivity contribution is 0.328. The summed E-state index contributed by atoms with van der Waals surface area (Å²) >= 11 is 0. The number of rotatable bonds is 4. The molecule has 1 fully saturated rings. The van der Waals surface area contributed by atoms with E-state index in [1.54, 1.807) is 0 Å². The average molecular weight is 231 g/mol. The zero-order valence-electron chi connectivity index (χ0n) is 11.2. The highest BCUT2D eigenvalue weighted by molar-refractivity contribution is 5.51. The minimum atomic E-state index is 0.614. The molecule has 1 nitrogen and oxygen atoms in total. The fourth-order valence-electron chi connectivity index (χ4n) is 2.97. The van der Waals surface area contributed by atoms with E-state index in [1.807, 2.05) is 0 Å². The van der Waals surface area contributed by atoms with Gasteiger partial charge in [0.05, 0.1) is 0 Å². The lowest BCUT2D eigenvalue weighted by Gasteiger charge is -2.29. The number of benzene rings is 1. The third kappa shape index (κ3) is 3.24. The molecule has 0 spiro atoms. The Balaban J connectivity index is 1.99. The van der Waals surface area contributed by atoms with Crippen LogP contribution in [0.3, 0.4) is 0 Å². The first-order valence-corrected chi connectivity index (χ1v) is 7.15. The van der Waals surface area contributed by atoms with Crippen molar-refractivity contribution in [2.75, 3.05) is 5.32 Å². The van der Waals surface area contributed by atoms with Crippen LogP contribution >= 0.6 is 0 Å². The molecule has 17 heavy (non-hydrogen) atoms. The zero-order chi connectivity index (χ0) is 12.1. The molecule has 94 valence electrons.